The molecule has 1 atom stereocenters. The van der Waals surface area contributed by atoms with Crippen molar-refractivity contribution in [3.63, 3.8) is 0 Å². The van der Waals surface area contributed by atoms with Gasteiger partial charge in [0.1, 0.15) is 5.82 Å². The minimum absolute atomic E-state index is 0.0368. The Hall–Kier alpha value is -3.02. The second-order valence-electron chi connectivity index (χ2n) is 7.82. The number of amides is 1. The zero-order valence-corrected chi connectivity index (χ0v) is 17.1. The third-order valence-corrected chi connectivity index (χ3v) is 5.26. The molecule has 6 nitrogen and oxygen atoms in total. The molecule has 1 N–H and O–H groups in total. The fourth-order valence-corrected chi connectivity index (χ4v) is 3.70. The van der Waals surface area contributed by atoms with Crippen molar-refractivity contribution in [2.45, 2.75) is 32.7 Å². The average molecular weight is 393 g/mol. The van der Waals surface area contributed by atoms with E-state index in [9.17, 15) is 4.79 Å². The van der Waals surface area contributed by atoms with Gasteiger partial charge in [-0.1, -0.05) is 32.0 Å². The molecule has 1 aliphatic heterocycles. The number of carbonyl (C=O) groups is 1. The summed E-state index contributed by atoms with van der Waals surface area (Å²) >= 11 is 0. The molecule has 1 aromatic heterocycles. The second kappa shape index (κ2) is 8.15. The van der Waals surface area contributed by atoms with Crippen LogP contribution in [-0.2, 0) is 18.3 Å². The van der Waals surface area contributed by atoms with Gasteiger partial charge in [-0.3, -0.25) is 4.79 Å². The van der Waals surface area contributed by atoms with Crippen LogP contribution in [0.1, 0.15) is 37.7 Å². The predicted octanol–water partition coefficient (Wildman–Crippen LogP) is 3.79. The van der Waals surface area contributed by atoms with E-state index in [1.165, 1.54) is 0 Å². The van der Waals surface area contributed by atoms with Gasteiger partial charge in [0.25, 0.3) is 0 Å². The topological polar surface area (TPSA) is 65.4 Å². The summed E-state index contributed by atoms with van der Waals surface area (Å²) in [7, 11) is 2.00. The Balaban J connectivity index is 1.52. The largest absolute Gasteiger partial charge is 0.490 e. The number of nitrogens with one attached hydrogen (secondary N) is 1. The summed E-state index contributed by atoms with van der Waals surface area (Å²) in [4.78, 5) is 17.6. The highest BCUT2D eigenvalue weighted by Crippen LogP contribution is 2.31. The van der Waals surface area contributed by atoms with E-state index in [1.807, 2.05) is 49.5 Å². The van der Waals surface area contributed by atoms with Crippen molar-refractivity contribution in [1.29, 1.82) is 0 Å². The van der Waals surface area contributed by atoms with Gasteiger partial charge in [0.15, 0.2) is 11.5 Å². The standard InChI is InChI=1S/C23H27N3O3/c1-15(2)22(23-24-17-7-4-5-8-18(17)26(23)3)25-21(27)14-16-9-10-19-20(13-16)29-12-6-11-28-19/h4-5,7-10,13,15,22H,6,11-12,14H2,1-3H3,(H,25,27)/t22-/m1/s1. The van der Waals surface area contributed by atoms with E-state index in [4.69, 9.17) is 14.5 Å². The Morgan fingerprint density at radius 2 is 1.90 bits per heavy atom. The lowest BCUT2D eigenvalue weighted by atomic mass is 10.0. The summed E-state index contributed by atoms with van der Waals surface area (Å²) in [5, 5.41) is 3.18. The number of hydrogen-bond acceptors (Lipinski definition) is 4. The van der Waals surface area contributed by atoms with Gasteiger partial charge in [0.2, 0.25) is 5.91 Å². The monoisotopic (exact) mass is 393 g/mol. The Kier molecular flexibility index (Phi) is 5.43. The lowest BCUT2D eigenvalue weighted by Crippen LogP contribution is -2.34. The molecule has 1 aliphatic rings. The first kappa shape index (κ1) is 19.3. The maximum Gasteiger partial charge on any atom is 0.225 e. The number of para-hydroxylation sites is 2. The molecule has 4 rings (SSSR count). The first-order valence-electron chi connectivity index (χ1n) is 10.1. The number of hydrogen-bond donors (Lipinski definition) is 1. The Morgan fingerprint density at radius 3 is 2.66 bits per heavy atom. The van der Waals surface area contributed by atoms with Gasteiger partial charge in [-0.2, -0.15) is 0 Å². The SMILES string of the molecule is CC(C)[C@@H](NC(=O)Cc1ccc2c(c1)OCCCO2)c1nc2ccccc2n1C. The number of imidazole rings is 1. The fraction of sp³-hybridized carbons (Fsp3) is 0.391. The third kappa shape index (κ3) is 4.06. The lowest BCUT2D eigenvalue weighted by molar-refractivity contribution is -0.121. The maximum absolute atomic E-state index is 12.8. The van der Waals surface area contributed by atoms with Crippen molar-refractivity contribution >= 4 is 16.9 Å². The number of ether oxygens (including phenoxy) is 2. The summed E-state index contributed by atoms with van der Waals surface area (Å²) in [5.74, 6) is 2.49. The van der Waals surface area contributed by atoms with E-state index in [-0.39, 0.29) is 24.3 Å². The molecular formula is C23H27N3O3. The molecule has 29 heavy (non-hydrogen) atoms. The van der Waals surface area contributed by atoms with Gasteiger partial charge in [-0.25, -0.2) is 4.98 Å². The van der Waals surface area contributed by atoms with Crippen molar-refractivity contribution in [2.24, 2.45) is 13.0 Å². The molecule has 0 radical (unpaired) electrons. The molecule has 6 heteroatoms. The van der Waals surface area contributed by atoms with Gasteiger partial charge in [-0.05, 0) is 35.7 Å². The second-order valence-corrected chi connectivity index (χ2v) is 7.82. The van der Waals surface area contributed by atoms with Crippen LogP contribution in [-0.4, -0.2) is 28.7 Å². The smallest absolute Gasteiger partial charge is 0.225 e. The molecule has 3 aromatic rings. The Labute approximate surface area is 170 Å². The molecule has 0 bridgehead atoms. The Bertz CT molecular complexity index is 1030. The van der Waals surface area contributed by atoms with Crippen LogP contribution in [0, 0.1) is 5.92 Å². The molecule has 0 fully saturated rings. The summed E-state index contributed by atoms with van der Waals surface area (Å²) in [6.45, 7) is 5.47. The van der Waals surface area contributed by atoms with Crippen LogP contribution in [0.4, 0.5) is 0 Å². The molecule has 0 saturated heterocycles. The molecule has 0 aliphatic carbocycles. The normalized spacial score (nSPS) is 14.6. The molecule has 0 spiro atoms. The zero-order valence-electron chi connectivity index (χ0n) is 17.1. The molecule has 152 valence electrons. The first-order chi connectivity index (χ1) is 14.0. The van der Waals surface area contributed by atoms with Gasteiger partial charge < -0.3 is 19.4 Å². The van der Waals surface area contributed by atoms with Crippen molar-refractivity contribution < 1.29 is 14.3 Å². The number of nitrogens with zero attached hydrogens (tertiary/aromatic N) is 2. The van der Waals surface area contributed by atoms with Crippen LogP contribution < -0.4 is 14.8 Å². The van der Waals surface area contributed by atoms with Crippen molar-refractivity contribution in [1.82, 2.24) is 14.9 Å². The van der Waals surface area contributed by atoms with Crippen LogP contribution in [0.25, 0.3) is 11.0 Å². The number of benzene rings is 2. The molecule has 2 aromatic carbocycles. The van der Waals surface area contributed by atoms with E-state index >= 15 is 0 Å². The van der Waals surface area contributed by atoms with E-state index in [2.05, 4.69) is 23.7 Å². The van der Waals surface area contributed by atoms with Gasteiger partial charge in [0, 0.05) is 13.5 Å². The minimum atomic E-state index is -0.166. The van der Waals surface area contributed by atoms with E-state index < -0.39 is 0 Å². The van der Waals surface area contributed by atoms with E-state index in [0.717, 1.165) is 34.6 Å². The van der Waals surface area contributed by atoms with Crippen LogP contribution >= 0.6 is 0 Å². The summed E-state index contributed by atoms with van der Waals surface area (Å²) in [5.41, 5.74) is 2.90. The molecule has 0 saturated carbocycles. The average Bonchev–Trinajstić information content (AvgIpc) is 2.87. The highest BCUT2D eigenvalue weighted by molar-refractivity contribution is 5.80. The van der Waals surface area contributed by atoms with Crippen LogP contribution in [0.3, 0.4) is 0 Å². The number of aryl methyl sites for hydroxylation is 1. The third-order valence-electron chi connectivity index (χ3n) is 5.26. The van der Waals surface area contributed by atoms with Crippen molar-refractivity contribution in [3.05, 3.63) is 53.9 Å². The minimum Gasteiger partial charge on any atom is -0.490 e. The summed E-state index contributed by atoms with van der Waals surface area (Å²) in [6, 6.07) is 13.6. The highest BCUT2D eigenvalue weighted by atomic mass is 16.5. The number of rotatable bonds is 5. The maximum atomic E-state index is 12.8. The van der Waals surface area contributed by atoms with Crippen LogP contribution in [0.15, 0.2) is 42.5 Å². The highest BCUT2D eigenvalue weighted by Gasteiger charge is 2.24. The lowest BCUT2D eigenvalue weighted by Gasteiger charge is -2.22. The fourth-order valence-electron chi connectivity index (χ4n) is 3.70. The van der Waals surface area contributed by atoms with Crippen LogP contribution in [0.2, 0.25) is 0 Å². The van der Waals surface area contributed by atoms with Crippen molar-refractivity contribution in [3.8, 4) is 11.5 Å². The van der Waals surface area contributed by atoms with Crippen LogP contribution in [0.5, 0.6) is 11.5 Å². The van der Waals surface area contributed by atoms with Gasteiger partial charge >= 0.3 is 0 Å². The summed E-state index contributed by atoms with van der Waals surface area (Å²) < 4.78 is 13.5. The van der Waals surface area contributed by atoms with Gasteiger partial charge in [-0.15, -0.1) is 0 Å². The summed E-state index contributed by atoms with van der Waals surface area (Å²) in [6.07, 6.45) is 1.14. The Morgan fingerprint density at radius 1 is 1.14 bits per heavy atom. The molecule has 0 unspecified atom stereocenters. The number of fused-ring (bicyclic) bond motifs is 2. The number of carbonyl (C=O) groups excluding carboxylic acids is 1. The zero-order chi connectivity index (χ0) is 20.4. The van der Waals surface area contributed by atoms with E-state index in [1.54, 1.807) is 0 Å². The van der Waals surface area contributed by atoms with E-state index in [0.29, 0.717) is 19.0 Å². The number of aromatic nitrogens is 2. The molecular weight excluding hydrogens is 366 g/mol. The first-order valence-corrected chi connectivity index (χ1v) is 10.1. The van der Waals surface area contributed by atoms with Crippen molar-refractivity contribution in [2.75, 3.05) is 13.2 Å². The molecule has 1 amide bonds. The molecule has 2 heterocycles. The van der Waals surface area contributed by atoms with Gasteiger partial charge in [0.05, 0.1) is 36.7 Å². The quantitative estimate of drug-likeness (QED) is 0.716. The predicted molar refractivity (Wildman–Crippen MR) is 112 cm³/mol.